The van der Waals surface area contributed by atoms with Crippen molar-refractivity contribution in [3.8, 4) is 6.07 Å². The summed E-state index contributed by atoms with van der Waals surface area (Å²) in [6.07, 6.45) is -1.99. The van der Waals surface area contributed by atoms with Gasteiger partial charge in [0.15, 0.2) is 5.69 Å². The van der Waals surface area contributed by atoms with Gasteiger partial charge in [-0.15, -0.1) is 0 Å². The zero-order valence-corrected chi connectivity index (χ0v) is 10.3. The van der Waals surface area contributed by atoms with Crippen molar-refractivity contribution in [1.29, 1.82) is 5.26 Å². The molecule has 1 aromatic heterocycles. The summed E-state index contributed by atoms with van der Waals surface area (Å²) in [5.41, 5.74) is -1.54. The van der Waals surface area contributed by atoms with E-state index in [4.69, 9.17) is 5.26 Å². The lowest BCUT2D eigenvalue weighted by atomic mass is 9.98. The zero-order chi connectivity index (χ0) is 13.8. The van der Waals surface area contributed by atoms with Crippen LogP contribution >= 0.6 is 0 Å². The topological polar surface area (TPSA) is 53.6 Å². The van der Waals surface area contributed by atoms with Gasteiger partial charge >= 0.3 is 6.18 Å². The van der Waals surface area contributed by atoms with Crippen LogP contribution < -0.4 is 5.32 Å². The smallest absolute Gasteiger partial charge is 0.303 e. The highest BCUT2D eigenvalue weighted by atomic mass is 19.4. The Bertz CT molecular complexity index is 432. The lowest BCUT2D eigenvalue weighted by molar-refractivity contribution is -0.141. The van der Waals surface area contributed by atoms with E-state index in [0.29, 0.717) is 19.4 Å². The maximum atomic E-state index is 12.3. The molecule has 0 saturated heterocycles. The second-order valence-electron chi connectivity index (χ2n) is 4.26. The van der Waals surface area contributed by atoms with E-state index in [-0.39, 0.29) is 0 Å². The molecule has 1 N–H and O–H groups in total. The molecule has 4 nitrogen and oxygen atoms in total. The van der Waals surface area contributed by atoms with E-state index in [0.717, 1.165) is 6.07 Å². The number of aromatic nitrogens is 2. The van der Waals surface area contributed by atoms with Gasteiger partial charge in [0.05, 0.1) is 6.07 Å². The first-order valence-corrected chi connectivity index (χ1v) is 5.51. The molecule has 0 fully saturated rings. The number of alkyl halides is 3. The molecule has 0 aliphatic heterocycles. The first kappa shape index (κ1) is 14.5. The summed E-state index contributed by atoms with van der Waals surface area (Å²) in [6, 6.07) is 3.07. The monoisotopic (exact) mass is 260 g/mol. The van der Waals surface area contributed by atoms with Gasteiger partial charge in [-0.05, 0) is 32.9 Å². The lowest BCUT2D eigenvalue weighted by Crippen LogP contribution is -2.38. The fraction of sp³-hybridized carbons (Fsp3) is 0.636. The van der Waals surface area contributed by atoms with E-state index in [1.165, 1.54) is 10.9 Å². The van der Waals surface area contributed by atoms with E-state index in [1.807, 2.05) is 0 Å². The number of nitriles is 1. The summed E-state index contributed by atoms with van der Waals surface area (Å²) in [5.74, 6) is 0. The molecule has 1 aromatic rings. The predicted octanol–water partition coefficient (Wildman–Crippen LogP) is 2.18. The highest BCUT2D eigenvalue weighted by molar-refractivity contribution is 5.04. The maximum absolute atomic E-state index is 12.3. The average molecular weight is 260 g/mol. The van der Waals surface area contributed by atoms with Gasteiger partial charge in [-0.25, -0.2) is 0 Å². The number of nitrogens with one attached hydrogen (secondary N) is 1. The quantitative estimate of drug-likeness (QED) is 0.882. The standard InChI is InChI=1S/C11H15F3N4/c1-10(8-15,16-2)5-3-6-18-7-4-9(17-18)11(12,13)14/h4,7,16H,3,5-6H2,1-2H3. The molecule has 7 heteroatoms. The normalized spacial score (nSPS) is 15.1. The largest absolute Gasteiger partial charge is 0.435 e. The minimum absolute atomic E-state index is 0.356. The Kier molecular flexibility index (Phi) is 4.35. The molecular weight excluding hydrogens is 245 g/mol. The molecular formula is C11H15F3N4. The molecule has 1 atom stereocenters. The third-order valence-electron chi connectivity index (χ3n) is 2.79. The molecule has 1 heterocycles. The van der Waals surface area contributed by atoms with Crippen LogP contribution in [0, 0.1) is 11.3 Å². The van der Waals surface area contributed by atoms with Crippen LogP contribution in [0.1, 0.15) is 25.5 Å². The number of rotatable bonds is 5. The van der Waals surface area contributed by atoms with Crippen molar-refractivity contribution >= 4 is 0 Å². The molecule has 0 aromatic carbocycles. The van der Waals surface area contributed by atoms with Crippen molar-refractivity contribution in [2.75, 3.05) is 7.05 Å². The zero-order valence-electron chi connectivity index (χ0n) is 10.3. The van der Waals surface area contributed by atoms with Gasteiger partial charge in [-0.2, -0.15) is 23.5 Å². The number of aryl methyl sites for hydroxylation is 1. The fourth-order valence-electron chi connectivity index (χ4n) is 1.47. The molecule has 18 heavy (non-hydrogen) atoms. The second kappa shape index (κ2) is 5.40. The molecule has 0 aliphatic rings. The first-order chi connectivity index (χ1) is 8.30. The minimum Gasteiger partial charge on any atom is -0.303 e. The molecule has 0 bridgehead atoms. The number of nitrogens with zero attached hydrogens (tertiary/aromatic N) is 3. The molecule has 100 valence electrons. The van der Waals surface area contributed by atoms with Gasteiger partial charge in [0.1, 0.15) is 5.54 Å². The summed E-state index contributed by atoms with van der Waals surface area (Å²) < 4.78 is 38.1. The van der Waals surface area contributed by atoms with Crippen LogP contribution in [0.15, 0.2) is 12.3 Å². The van der Waals surface area contributed by atoms with Crippen molar-refractivity contribution in [2.45, 2.75) is 38.0 Å². The van der Waals surface area contributed by atoms with Gasteiger partial charge < -0.3 is 5.32 Å². The van der Waals surface area contributed by atoms with Crippen molar-refractivity contribution in [2.24, 2.45) is 0 Å². The van der Waals surface area contributed by atoms with Crippen molar-refractivity contribution in [3.05, 3.63) is 18.0 Å². The first-order valence-electron chi connectivity index (χ1n) is 5.51. The van der Waals surface area contributed by atoms with Gasteiger partial charge in [0.2, 0.25) is 0 Å². The molecule has 1 unspecified atom stereocenters. The van der Waals surface area contributed by atoms with Crippen LogP contribution in [0.4, 0.5) is 13.2 Å². The number of hydrogen-bond donors (Lipinski definition) is 1. The third-order valence-corrected chi connectivity index (χ3v) is 2.79. The summed E-state index contributed by atoms with van der Waals surface area (Å²) in [6.45, 7) is 2.10. The van der Waals surface area contributed by atoms with Crippen LogP contribution in [0.25, 0.3) is 0 Å². The van der Waals surface area contributed by atoms with E-state index < -0.39 is 17.4 Å². The number of halogens is 3. The third kappa shape index (κ3) is 3.74. The van der Waals surface area contributed by atoms with E-state index in [1.54, 1.807) is 14.0 Å². The highest BCUT2D eigenvalue weighted by Gasteiger charge is 2.33. The maximum Gasteiger partial charge on any atom is 0.435 e. The average Bonchev–Trinajstić information content (AvgIpc) is 2.77. The van der Waals surface area contributed by atoms with Crippen molar-refractivity contribution in [3.63, 3.8) is 0 Å². The van der Waals surface area contributed by atoms with E-state index in [2.05, 4.69) is 16.5 Å². The molecule has 0 aliphatic carbocycles. The van der Waals surface area contributed by atoms with Gasteiger partial charge in [0, 0.05) is 12.7 Å². The van der Waals surface area contributed by atoms with Gasteiger partial charge in [0.25, 0.3) is 0 Å². The predicted molar refractivity (Wildman–Crippen MR) is 59.5 cm³/mol. The van der Waals surface area contributed by atoms with Gasteiger partial charge in [-0.1, -0.05) is 0 Å². The summed E-state index contributed by atoms with van der Waals surface area (Å²) >= 11 is 0. The Balaban J connectivity index is 2.51. The molecule has 1 rings (SSSR count). The number of hydrogen-bond acceptors (Lipinski definition) is 3. The van der Waals surface area contributed by atoms with Crippen LogP contribution in [0.2, 0.25) is 0 Å². The highest BCUT2D eigenvalue weighted by Crippen LogP contribution is 2.27. The second-order valence-corrected chi connectivity index (χ2v) is 4.26. The molecule has 0 radical (unpaired) electrons. The lowest BCUT2D eigenvalue weighted by Gasteiger charge is -2.20. The Hall–Kier alpha value is -1.55. The molecule has 0 amide bonds. The summed E-state index contributed by atoms with van der Waals surface area (Å²) in [7, 11) is 1.68. The van der Waals surface area contributed by atoms with E-state index in [9.17, 15) is 13.2 Å². The van der Waals surface area contributed by atoms with Crippen LogP contribution in [-0.4, -0.2) is 22.4 Å². The summed E-state index contributed by atoms with van der Waals surface area (Å²) in [4.78, 5) is 0. The van der Waals surface area contributed by atoms with Crippen LogP contribution in [0.3, 0.4) is 0 Å². The Labute approximate surface area is 103 Å². The minimum atomic E-state index is -4.41. The van der Waals surface area contributed by atoms with Crippen molar-refractivity contribution < 1.29 is 13.2 Å². The Morgan fingerprint density at radius 1 is 1.50 bits per heavy atom. The van der Waals surface area contributed by atoms with Crippen LogP contribution in [-0.2, 0) is 12.7 Å². The van der Waals surface area contributed by atoms with Crippen LogP contribution in [0.5, 0.6) is 0 Å². The fourth-order valence-corrected chi connectivity index (χ4v) is 1.47. The molecule has 0 spiro atoms. The van der Waals surface area contributed by atoms with Crippen molar-refractivity contribution in [1.82, 2.24) is 15.1 Å². The Morgan fingerprint density at radius 3 is 2.61 bits per heavy atom. The van der Waals surface area contributed by atoms with Gasteiger partial charge in [-0.3, -0.25) is 4.68 Å². The Morgan fingerprint density at radius 2 is 2.17 bits per heavy atom. The van der Waals surface area contributed by atoms with E-state index >= 15 is 0 Å². The SMILES string of the molecule is CNC(C)(C#N)CCCn1ccc(C(F)(F)F)n1. The summed E-state index contributed by atoms with van der Waals surface area (Å²) in [5, 5.41) is 15.2. The molecule has 0 saturated carbocycles.